The molecule has 0 bridgehead atoms. The fourth-order valence-electron chi connectivity index (χ4n) is 1.16. The van der Waals surface area contributed by atoms with Crippen molar-refractivity contribution in [2.45, 2.75) is 20.8 Å². The minimum absolute atomic E-state index is 0.205. The van der Waals surface area contributed by atoms with Crippen molar-refractivity contribution in [2.24, 2.45) is 0 Å². The van der Waals surface area contributed by atoms with Gasteiger partial charge in [-0.3, -0.25) is 4.79 Å². The highest BCUT2D eigenvalue weighted by molar-refractivity contribution is 6.01. The number of rotatable bonds is 2. The number of aromatic amines is 1. The van der Waals surface area contributed by atoms with Crippen molar-refractivity contribution in [3.05, 3.63) is 55.0 Å². The van der Waals surface area contributed by atoms with Crippen LogP contribution in [0.4, 0.5) is 11.5 Å². The molecule has 20 heavy (non-hydrogen) atoms. The predicted molar refractivity (Wildman–Crippen MR) is 84.6 cm³/mol. The number of H-pyrrole nitrogens is 1. The molecule has 5 heteroatoms. The summed E-state index contributed by atoms with van der Waals surface area (Å²) < 4.78 is 0. The molecule has 0 aliphatic heterocycles. The largest absolute Gasteiger partial charge is 0.384 e. The number of allylic oxidation sites excluding steroid dienone is 1. The number of nitrogens with zero attached hydrogens (tertiary/aromatic N) is 1. The van der Waals surface area contributed by atoms with Gasteiger partial charge < -0.3 is 16.0 Å². The zero-order valence-electron chi connectivity index (χ0n) is 12.2. The maximum absolute atomic E-state index is 11.6. The molecule has 0 fully saturated rings. The summed E-state index contributed by atoms with van der Waals surface area (Å²) >= 11 is 0. The van der Waals surface area contributed by atoms with Gasteiger partial charge in [0.1, 0.15) is 5.82 Å². The Hall–Kier alpha value is -2.56. The highest BCUT2D eigenvalue weighted by atomic mass is 16.2. The number of para-hydroxylation sites is 1. The molecule has 0 spiro atoms. The molecule has 2 aromatic rings. The van der Waals surface area contributed by atoms with Gasteiger partial charge in [-0.2, -0.15) is 0 Å². The summed E-state index contributed by atoms with van der Waals surface area (Å²) in [5, 5.41) is 2.68. The zero-order chi connectivity index (χ0) is 15.4. The summed E-state index contributed by atoms with van der Waals surface area (Å²) in [6.07, 6.45) is 3.15. The second kappa shape index (κ2) is 10.4. The minimum atomic E-state index is -0.307. The van der Waals surface area contributed by atoms with E-state index in [0.29, 0.717) is 5.82 Å². The van der Waals surface area contributed by atoms with Crippen LogP contribution in [0.5, 0.6) is 0 Å². The maximum atomic E-state index is 11.6. The third-order valence-electron chi connectivity index (χ3n) is 1.84. The standard InChI is InChI=1S/C10H10N4O.C3H6.C2H6/c11-8-6-12-9(14-8)10(15)13-7-4-2-1-3-5-7;1-3-2;1-2/h1-6H,11H2,(H,12,14)(H,13,15);3H,1H2,2H3;1-2H3. The van der Waals surface area contributed by atoms with Crippen molar-refractivity contribution in [3.63, 3.8) is 0 Å². The van der Waals surface area contributed by atoms with Gasteiger partial charge in [0.15, 0.2) is 5.82 Å². The first-order valence-corrected chi connectivity index (χ1v) is 6.41. The molecule has 0 aliphatic carbocycles. The van der Waals surface area contributed by atoms with Crippen LogP contribution >= 0.6 is 0 Å². The van der Waals surface area contributed by atoms with E-state index in [9.17, 15) is 4.79 Å². The quantitative estimate of drug-likeness (QED) is 0.733. The summed E-state index contributed by atoms with van der Waals surface area (Å²) in [5.41, 5.74) is 6.13. The van der Waals surface area contributed by atoms with Gasteiger partial charge in [0.25, 0.3) is 5.91 Å². The summed E-state index contributed by atoms with van der Waals surface area (Å²) in [6.45, 7) is 9.25. The normalized spacial score (nSPS) is 8.35. The monoisotopic (exact) mass is 274 g/mol. The van der Waals surface area contributed by atoms with E-state index < -0.39 is 0 Å². The number of benzene rings is 1. The lowest BCUT2D eigenvalue weighted by atomic mass is 10.3. The molecule has 0 radical (unpaired) electrons. The molecule has 1 heterocycles. The van der Waals surface area contributed by atoms with Gasteiger partial charge in [-0.25, -0.2) is 4.98 Å². The van der Waals surface area contributed by atoms with Crippen molar-refractivity contribution < 1.29 is 4.79 Å². The SMILES string of the molecule is C=CC.CC.Nc1cnc(C(=O)Nc2ccccc2)[nH]1. The number of amides is 1. The number of carbonyl (C=O) groups excluding carboxylic acids is 1. The first kappa shape index (κ1) is 17.4. The summed E-state index contributed by atoms with van der Waals surface area (Å²) in [4.78, 5) is 18.0. The molecule has 0 saturated carbocycles. The highest BCUT2D eigenvalue weighted by Gasteiger charge is 2.08. The smallest absolute Gasteiger partial charge is 0.291 e. The van der Waals surface area contributed by atoms with E-state index in [-0.39, 0.29) is 11.7 Å². The van der Waals surface area contributed by atoms with Gasteiger partial charge >= 0.3 is 0 Å². The lowest BCUT2D eigenvalue weighted by Crippen LogP contribution is -2.13. The Labute approximate surface area is 119 Å². The Morgan fingerprint density at radius 1 is 1.35 bits per heavy atom. The Morgan fingerprint density at radius 2 is 1.90 bits per heavy atom. The molecule has 0 aliphatic rings. The number of nitrogens with two attached hydrogens (primary N) is 1. The fourth-order valence-corrected chi connectivity index (χ4v) is 1.16. The number of hydrogen-bond acceptors (Lipinski definition) is 3. The molecule has 2 rings (SSSR count). The van der Waals surface area contributed by atoms with Gasteiger partial charge in [-0.05, 0) is 19.1 Å². The van der Waals surface area contributed by atoms with E-state index >= 15 is 0 Å². The lowest BCUT2D eigenvalue weighted by molar-refractivity contribution is 0.101. The van der Waals surface area contributed by atoms with Crippen molar-refractivity contribution in [3.8, 4) is 0 Å². The summed E-state index contributed by atoms with van der Waals surface area (Å²) in [5.74, 6) is 0.266. The molecular weight excluding hydrogens is 252 g/mol. The maximum Gasteiger partial charge on any atom is 0.291 e. The van der Waals surface area contributed by atoms with Crippen LogP contribution in [0.2, 0.25) is 0 Å². The number of carbonyl (C=O) groups is 1. The van der Waals surface area contributed by atoms with Crippen molar-refractivity contribution >= 4 is 17.4 Å². The molecular formula is C15H22N4O. The van der Waals surface area contributed by atoms with Crippen LogP contribution < -0.4 is 11.1 Å². The number of aromatic nitrogens is 2. The number of anilines is 2. The molecule has 1 aromatic heterocycles. The molecule has 5 nitrogen and oxygen atoms in total. The van der Waals surface area contributed by atoms with Crippen LogP contribution in [0.15, 0.2) is 49.2 Å². The average molecular weight is 274 g/mol. The van der Waals surface area contributed by atoms with Crippen LogP contribution in [0.25, 0.3) is 0 Å². The fraction of sp³-hybridized carbons (Fsp3) is 0.200. The van der Waals surface area contributed by atoms with Crippen LogP contribution in [-0.4, -0.2) is 15.9 Å². The average Bonchev–Trinajstić information content (AvgIpc) is 2.90. The van der Waals surface area contributed by atoms with Crippen LogP contribution in [0, 0.1) is 0 Å². The molecule has 1 amide bonds. The molecule has 1 aromatic carbocycles. The molecule has 108 valence electrons. The van der Waals surface area contributed by atoms with E-state index in [1.54, 1.807) is 18.2 Å². The van der Waals surface area contributed by atoms with Gasteiger partial charge in [-0.15, -0.1) is 6.58 Å². The first-order valence-electron chi connectivity index (χ1n) is 6.41. The number of imidazole rings is 1. The molecule has 4 N–H and O–H groups in total. The second-order valence-corrected chi connectivity index (χ2v) is 3.42. The van der Waals surface area contributed by atoms with E-state index in [4.69, 9.17) is 5.73 Å². The molecule has 0 unspecified atom stereocenters. The van der Waals surface area contributed by atoms with Crippen molar-refractivity contribution in [2.75, 3.05) is 11.1 Å². The van der Waals surface area contributed by atoms with E-state index in [0.717, 1.165) is 5.69 Å². The zero-order valence-corrected chi connectivity index (χ0v) is 12.2. The van der Waals surface area contributed by atoms with E-state index in [1.165, 1.54) is 6.20 Å². The topological polar surface area (TPSA) is 83.8 Å². The minimum Gasteiger partial charge on any atom is -0.384 e. The molecule has 0 atom stereocenters. The van der Waals surface area contributed by atoms with Crippen molar-refractivity contribution in [1.82, 2.24) is 9.97 Å². The van der Waals surface area contributed by atoms with Gasteiger partial charge in [0.05, 0.1) is 6.20 Å². The van der Waals surface area contributed by atoms with Crippen LogP contribution in [-0.2, 0) is 0 Å². The van der Waals surface area contributed by atoms with Crippen LogP contribution in [0.1, 0.15) is 31.4 Å². The Morgan fingerprint density at radius 3 is 2.35 bits per heavy atom. The highest BCUT2D eigenvalue weighted by Crippen LogP contribution is 2.07. The third-order valence-corrected chi connectivity index (χ3v) is 1.84. The first-order chi connectivity index (χ1) is 9.67. The van der Waals surface area contributed by atoms with Crippen molar-refractivity contribution in [1.29, 1.82) is 0 Å². The number of hydrogen-bond donors (Lipinski definition) is 3. The summed E-state index contributed by atoms with van der Waals surface area (Å²) in [6, 6.07) is 9.15. The van der Waals surface area contributed by atoms with Gasteiger partial charge in [0, 0.05) is 5.69 Å². The van der Waals surface area contributed by atoms with Gasteiger partial charge in [0.2, 0.25) is 0 Å². The predicted octanol–water partition coefficient (Wildman–Crippen LogP) is 3.46. The third kappa shape index (κ3) is 6.39. The summed E-state index contributed by atoms with van der Waals surface area (Å²) in [7, 11) is 0. The number of nitrogen functional groups attached to an aromatic ring is 1. The van der Waals surface area contributed by atoms with Crippen LogP contribution in [0.3, 0.4) is 0 Å². The second-order valence-electron chi connectivity index (χ2n) is 3.42. The Balaban J connectivity index is 0.000000641. The molecule has 0 saturated heterocycles. The lowest BCUT2D eigenvalue weighted by Gasteiger charge is -2.01. The Kier molecular flexibility index (Phi) is 9.04. The Bertz CT molecular complexity index is 506. The van der Waals surface area contributed by atoms with E-state index in [1.807, 2.05) is 39.0 Å². The number of nitrogens with one attached hydrogen (secondary N) is 2. The van der Waals surface area contributed by atoms with E-state index in [2.05, 4.69) is 21.9 Å². The van der Waals surface area contributed by atoms with Gasteiger partial charge in [-0.1, -0.05) is 38.1 Å².